The minimum atomic E-state index is -4.11. The number of benzene rings is 2. The van der Waals surface area contributed by atoms with Gasteiger partial charge in [-0.1, -0.05) is 42.5 Å². The Morgan fingerprint density at radius 1 is 1.00 bits per heavy atom. The van der Waals surface area contributed by atoms with Gasteiger partial charge in [0.15, 0.2) is 0 Å². The lowest BCUT2D eigenvalue weighted by molar-refractivity contribution is 0.104. The number of halogens is 1. The van der Waals surface area contributed by atoms with E-state index in [4.69, 9.17) is 5.14 Å². The highest BCUT2D eigenvalue weighted by molar-refractivity contribution is 14.1. The molecule has 4 nitrogen and oxygen atoms in total. The van der Waals surface area contributed by atoms with Crippen molar-refractivity contribution in [3.63, 3.8) is 0 Å². The van der Waals surface area contributed by atoms with Gasteiger partial charge in [-0.2, -0.15) is 0 Å². The Balaban J connectivity index is 2.50. The Morgan fingerprint density at radius 3 is 2.10 bits per heavy atom. The maximum Gasteiger partial charge on any atom is 0.241 e. The first-order valence-corrected chi connectivity index (χ1v) is 8.60. The molecule has 0 saturated carbocycles. The van der Waals surface area contributed by atoms with Crippen LogP contribution in [0.2, 0.25) is 0 Å². The van der Waals surface area contributed by atoms with Crippen molar-refractivity contribution >= 4 is 44.5 Å². The van der Waals surface area contributed by atoms with Gasteiger partial charge in [0.2, 0.25) is 15.8 Å². The summed E-state index contributed by atoms with van der Waals surface area (Å²) in [5, 5.41) is 5.18. The zero-order valence-corrected chi connectivity index (χ0v) is 13.8. The number of hydrogen-bond donors (Lipinski definition) is 1. The monoisotopic (exact) mass is 413 g/mol. The van der Waals surface area contributed by atoms with Gasteiger partial charge in [-0.25, -0.2) is 13.6 Å². The molecule has 0 saturated heterocycles. The number of primary sulfonamides is 1. The topological polar surface area (TPSA) is 77.2 Å². The van der Waals surface area contributed by atoms with Crippen molar-refractivity contribution in [3.8, 4) is 0 Å². The Kier molecular flexibility index (Phi) is 4.92. The molecule has 0 bridgehead atoms. The number of rotatable bonds is 4. The van der Waals surface area contributed by atoms with Crippen LogP contribution in [0.15, 0.2) is 59.5 Å². The van der Waals surface area contributed by atoms with Gasteiger partial charge in [-0.3, -0.25) is 4.79 Å². The largest absolute Gasteiger partial charge is 0.288 e. The van der Waals surface area contributed by atoms with Gasteiger partial charge in [-0.05, 0) is 46.4 Å². The van der Waals surface area contributed by atoms with E-state index < -0.39 is 20.7 Å². The van der Waals surface area contributed by atoms with E-state index >= 15 is 0 Å². The Morgan fingerprint density at radius 2 is 1.57 bits per heavy atom. The predicted octanol–water partition coefficient (Wildman–Crippen LogP) is 2.80. The van der Waals surface area contributed by atoms with Gasteiger partial charge in [-0.15, -0.1) is 0 Å². The molecule has 0 aliphatic rings. The van der Waals surface area contributed by atoms with Crippen molar-refractivity contribution in [1.82, 2.24) is 0 Å². The molecule has 2 rings (SSSR count). The SMILES string of the molecule is NS(=O)(=O)/C(=C\c1ccc(I)cc1)C(=O)c1ccccc1. The summed E-state index contributed by atoms with van der Waals surface area (Å²) < 4.78 is 24.4. The molecule has 2 N–H and O–H groups in total. The molecule has 0 unspecified atom stereocenters. The maximum atomic E-state index is 12.3. The van der Waals surface area contributed by atoms with Crippen LogP contribution < -0.4 is 5.14 Å². The van der Waals surface area contributed by atoms with E-state index in [0.717, 1.165) is 3.57 Å². The van der Waals surface area contributed by atoms with Gasteiger partial charge in [0, 0.05) is 9.13 Å². The molecule has 0 spiro atoms. The second-order valence-corrected chi connectivity index (χ2v) is 7.08. The molecular formula is C15H12INO3S. The van der Waals surface area contributed by atoms with Crippen molar-refractivity contribution in [1.29, 1.82) is 0 Å². The van der Waals surface area contributed by atoms with E-state index in [1.807, 2.05) is 12.1 Å². The quantitative estimate of drug-likeness (QED) is 0.476. The smallest absolute Gasteiger partial charge is 0.241 e. The minimum Gasteiger partial charge on any atom is -0.288 e. The summed E-state index contributed by atoms with van der Waals surface area (Å²) in [6.45, 7) is 0. The van der Waals surface area contributed by atoms with E-state index in [2.05, 4.69) is 22.6 Å². The van der Waals surface area contributed by atoms with Crippen LogP contribution in [-0.4, -0.2) is 14.2 Å². The summed E-state index contributed by atoms with van der Waals surface area (Å²) in [5.41, 5.74) is 0.881. The van der Waals surface area contributed by atoms with Crippen LogP contribution in [0, 0.1) is 3.57 Å². The molecule has 2 aromatic rings. The second-order valence-electron chi connectivity index (χ2n) is 4.30. The third-order valence-corrected chi connectivity index (χ3v) is 4.37. The molecule has 0 aromatic heterocycles. The Bertz CT molecular complexity index is 781. The Hall–Kier alpha value is -1.51. The van der Waals surface area contributed by atoms with Crippen molar-refractivity contribution in [2.45, 2.75) is 0 Å². The molecule has 0 aliphatic carbocycles. The summed E-state index contributed by atoms with van der Waals surface area (Å²) in [6, 6.07) is 15.3. The maximum absolute atomic E-state index is 12.3. The summed E-state index contributed by atoms with van der Waals surface area (Å²) in [4.78, 5) is 11.9. The van der Waals surface area contributed by atoms with Gasteiger partial charge >= 0.3 is 0 Å². The average Bonchev–Trinajstić information content (AvgIpc) is 2.45. The fourth-order valence-electron chi connectivity index (χ4n) is 1.72. The van der Waals surface area contributed by atoms with Gasteiger partial charge < -0.3 is 0 Å². The number of carbonyl (C=O) groups excluding carboxylic acids is 1. The van der Waals surface area contributed by atoms with Crippen LogP contribution in [0.4, 0.5) is 0 Å². The number of carbonyl (C=O) groups is 1. The number of ketones is 1. The molecule has 21 heavy (non-hydrogen) atoms. The van der Waals surface area contributed by atoms with Crippen LogP contribution in [0.25, 0.3) is 6.08 Å². The van der Waals surface area contributed by atoms with Crippen LogP contribution in [0.1, 0.15) is 15.9 Å². The first kappa shape index (κ1) is 15.9. The van der Waals surface area contributed by atoms with E-state index in [0.29, 0.717) is 5.56 Å². The number of hydrogen-bond acceptors (Lipinski definition) is 3. The fraction of sp³-hybridized carbons (Fsp3) is 0. The summed E-state index contributed by atoms with van der Waals surface area (Å²) in [7, 11) is -4.11. The Labute approximate surface area is 136 Å². The number of allylic oxidation sites excluding steroid dienone is 1. The molecular weight excluding hydrogens is 401 g/mol. The van der Waals surface area contributed by atoms with Crippen molar-refractivity contribution in [2.75, 3.05) is 0 Å². The molecule has 0 amide bonds. The zero-order valence-electron chi connectivity index (χ0n) is 10.9. The molecule has 0 aliphatic heterocycles. The highest BCUT2D eigenvalue weighted by Gasteiger charge is 2.22. The molecule has 2 aromatic carbocycles. The second kappa shape index (κ2) is 6.50. The van der Waals surface area contributed by atoms with E-state index in [9.17, 15) is 13.2 Å². The molecule has 0 atom stereocenters. The highest BCUT2D eigenvalue weighted by Crippen LogP contribution is 2.17. The first-order chi connectivity index (χ1) is 9.88. The van der Waals surface area contributed by atoms with Gasteiger partial charge in [0.05, 0.1) is 0 Å². The van der Waals surface area contributed by atoms with Crippen LogP contribution in [0.5, 0.6) is 0 Å². The first-order valence-electron chi connectivity index (χ1n) is 5.98. The number of nitrogens with two attached hydrogens (primary N) is 1. The van der Waals surface area contributed by atoms with Gasteiger partial charge in [0.1, 0.15) is 4.91 Å². The molecule has 0 heterocycles. The number of sulfonamides is 1. The lowest BCUT2D eigenvalue weighted by Crippen LogP contribution is -2.21. The zero-order chi connectivity index (χ0) is 15.5. The lowest BCUT2D eigenvalue weighted by Gasteiger charge is -2.05. The predicted molar refractivity (Wildman–Crippen MR) is 91.0 cm³/mol. The molecule has 0 radical (unpaired) electrons. The molecule has 6 heteroatoms. The van der Waals surface area contributed by atoms with E-state index in [-0.39, 0.29) is 5.56 Å². The van der Waals surface area contributed by atoms with E-state index in [1.54, 1.807) is 42.5 Å². The standard InChI is InChI=1S/C15H12INO3S/c16-13-8-6-11(7-9-13)10-14(21(17,19)20)15(18)12-4-2-1-3-5-12/h1-10H,(H2,17,19,20)/b14-10-. The third kappa shape index (κ3) is 4.23. The highest BCUT2D eigenvalue weighted by atomic mass is 127. The van der Waals surface area contributed by atoms with Crippen molar-refractivity contribution in [2.24, 2.45) is 5.14 Å². The molecule has 108 valence electrons. The third-order valence-electron chi connectivity index (χ3n) is 2.73. The fourth-order valence-corrected chi connectivity index (χ4v) is 2.76. The van der Waals surface area contributed by atoms with E-state index in [1.165, 1.54) is 6.08 Å². The average molecular weight is 413 g/mol. The number of Topliss-reactive ketones (excluding diaryl/α,β-unsaturated/α-hetero) is 1. The van der Waals surface area contributed by atoms with Crippen LogP contribution in [-0.2, 0) is 10.0 Å². The van der Waals surface area contributed by atoms with Crippen LogP contribution >= 0.6 is 22.6 Å². The van der Waals surface area contributed by atoms with Crippen LogP contribution in [0.3, 0.4) is 0 Å². The van der Waals surface area contributed by atoms with Gasteiger partial charge in [0.25, 0.3) is 0 Å². The molecule has 0 fully saturated rings. The summed E-state index contributed by atoms with van der Waals surface area (Å²) >= 11 is 2.14. The van der Waals surface area contributed by atoms with Crippen molar-refractivity contribution in [3.05, 3.63) is 74.2 Å². The normalized spacial score (nSPS) is 12.2. The lowest BCUT2D eigenvalue weighted by atomic mass is 10.1. The van der Waals surface area contributed by atoms with Crippen molar-refractivity contribution < 1.29 is 13.2 Å². The summed E-state index contributed by atoms with van der Waals surface area (Å²) in [5.74, 6) is -0.614. The summed E-state index contributed by atoms with van der Waals surface area (Å²) in [6.07, 6.45) is 1.29. The minimum absolute atomic E-state index is 0.281.